The van der Waals surface area contributed by atoms with Crippen molar-refractivity contribution in [2.24, 2.45) is 0 Å². The van der Waals surface area contributed by atoms with Crippen LogP contribution >= 0.6 is 0 Å². The predicted octanol–water partition coefficient (Wildman–Crippen LogP) is 2.30. The third kappa shape index (κ3) is 1.97. The highest BCUT2D eigenvalue weighted by atomic mass is 16.1. The lowest BCUT2D eigenvalue weighted by atomic mass is 10.2. The number of carbonyl (C=O) groups is 1. The number of fused-ring (bicyclic) bond motifs is 3. The zero-order chi connectivity index (χ0) is 15.3. The summed E-state index contributed by atoms with van der Waals surface area (Å²) in [4.78, 5) is 18.5. The summed E-state index contributed by atoms with van der Waals surface area (Å²) < 4.78 is 1.92. The van der Waals surface area contributed by atoms with Crippen LogP contribution < -0.4 is 10.2 Å². The molecule has 22 heavy (non-hydrogen) atoms. The maximum atomic E-state index is 11.4. The molecule has 1 saturated carbocycles. The molecule has 2 aliphatic rings. The van der Waals surface area contributed by atoms with Crippen molar-refractivity contribution < 1.29 is 4.79 Å². The smallest absolute Gasteiger partial charge is 0.221 e. The normalized spacial score (nSPS) is 18.2. The molecule has 0 unspecified atom stereocenters. The van der Waals surface area contributed by atoms with Crippen LogP contribution in [-0.4, -0.2) is 33.1 Å². The van der Waals surface area contributed by atoms with Crippen molar-refractivity contribution in [1.82, 2.24) is 14.6 Å². The van der Waals surface area contributed by atoms with Gasteiger partial charge < -0.3 is 10.2 Å². The number of anilines is 2. The highest BCUT2D eigenvalue weighted by molar-refractivity contribution is 5.92. The van der Waals surface area contributed by atoms with E-state index in [1.54, 1.807) is 6.20 Å². The molecule has 1 aliphatic heterocycles. The Hall–Kier alpha value is -2.11. The van der Waals surface area contributed by atoms with Gasteiger partial charge in [0.05, 0.1) is 6.20 Å². The van der Waals surface area contributed by atoms with E-state index in [4.69, 9.17) is 0 Å². The molecule has 1 N–H and O–H groups in total. The van der Waals surface area contributed by atoms with E-state index in [2.05, 4.69) is 27.2 Å². The summed E-state index contributed by atoms with van der Waals surface area (Å²) in [5, 5.41) is 7.33. The minimum Gasteiger partial charge on any atom is -0.353 e. The number of amides is 1. The van der Waals surface area contributed by atoms with Gasteiger partial charge in [0.2, 0.25) is 5.91 Å². The standard InChI is InChI=1S/C16H21N5O/c1-10-13-7-8-20(12-5-3-4-6-12)16(13)21-15(18-10)14(9-17-21)19-11(2)22/h9,12H,3-8H2,1-2H3,(H,19,22). The fourth-order valence-electron chi connectivity index (χ4n) is 3.90. The van der Waals surface area contributed by atoms with E-state index in [1.165, 1.54) is 44.0 Å². The maximum absolute atomic E-state index is 11.4. The first-order valence-corrected chi connectivity index (χ1v) is 8.06. The van der Waals surface area contributed by atoms with Gasteiger partial charge >= 0.3 is 0 Å². The third-order valence-corrected chi connectivity index (χ3v) is 4.88. The SMILES string of the molecule is CC(=O)Nc1cnn2c3c(c(C)nc12)CCN3C1CCCC1. The summed E-state index contributed by atoms with van der Waals surface area (Å²) in [5.41, 5.74) is 3.79. The Morgan fingerprint density at radius 3 is 2.86 bits per heavy atom. The van der Waals surface area contributed by atoms with Crippen LogP contribution in [0.1, 0.15) is 43.9 Å². The van der Waals surface area contributed by atoms with Gasteiger partial charge in [-0.05, 0) is 26.2 Å². The second-order valence-electron chi connectivity index (χ2n) is 6.36. The number of hydrogen-bond donors (Lipinski definition) is 1. The number of aromatic nitrogens is 3. The van der Waals surface area contributed by atoms with Gasteiger partial charge in [0.1, 0.15) is 11.5 Å². The van der Waals surface area contributed by atoms with E-state index in [-0.39, 0.29) is 5.91 Å². The van der Waals surface area contributed by atoms with Crippen LogP contribution in [0.4, 0.5) is 11.5 Å². The summed E-state index contributed by atoms with van der Waals surface area (Å²) in [7, 11) is 0. The summed E-state index contributed by atoms with van der Waals surface area (Å²) in [6.07, 6.45) is 7.91. The van der Waals surface area contributed by atoms with Crippen LogP contribution in [0.5, 0.6) is 0 Å². The Labute approximate surface area is 129 Å². The van der Waals surface area contributed by atoms with Crippen LogP contribution in [0.2, 0.25) is 0 Å². The molecular formula is C16H21N5O. The van der Waals surface area contributed by atoms with E-state index in [9.17, 15) is 4.79 Å². The van der Waals surface area contributed by atoms with E-state index in [0.29, 0.717) is 11.7 Å². The molecule has 0 spiro atoms. The molecule has 4 rings (SSSR count). The lowest BCUT2D eigenvalue weighted by Crippen LogP contribution is -2.32. The quantitative estimate of drug-likeness (QED) is 0.924. The van der Waals surface area contributed by atoms with Crippen molar-refractivity contribution >= 4 is 23.1 Å². The number of carbonyl (C=O) groups excluding carboxylic acids is 1. The molecule has 2 aromatic heterocycles. The number of rotatable bonds is 2. The fraction of sp³-hybridized carbons (Fsp3) is 0.562. The third-order valence-electron chi connectivity index (χ3n) is 4.88. The second-order valence-corrected chi connectivity index (χ2v) is 6.36. The molecular weight excluding hydrogens is 278 g/mol. The zero-order valence-corrected chi connectivity index (χ0v) is 13.1. The lowest BCUT2D eigenvalue weighted by Gasteiger charge is -2.27. The Kier molecular flexibility index (Phi) is 3.06. The van der Waals surface area contributed by atoms with Gasteiger partial charge in [0.25, 0.3) is 0 Å². The molecule has 116 valence electrons. The van der Waals surface area contributed by atoms with Crippen molar-refractivity contribution in [3.8, 4) is 0 Å². The largest absolute Gasteiger partial charge is 0.353 e. The summed E-state index contributed by atoms with van der Waals surface area (Å²) in [6, 6.07) is 0.625. The molecule has 6 nitrogen and oxygen atoms in total. The van der Waals surface area contributed by atoms with E-state index < -0.39 is 0 Å². The summed E-state index contributed by atoms with van der Waals surface area (Å²) >= 11 is 0. The molecule has 0 bridgehead atoms. The van der Waals surface area contributed by atoms with Gasteiger partial charge in [0, 0.05) is 30.8 Å². The Morgan fingerprint density at radius 1 is 1.36 bits per heavy atom. The molecule has 0 atom stereocenters. The maximum Gasteiger partial charge on any atom is 0.221 e. The molecule has 0 saturated heterocycles. The van der Waals surface area contributed by atoms with Crippen molar-refractivity contribution in [3.63, 3.8) is 0 Å². The minimum atomic E-state index is -0.0949. The van der Waals surface area contributed by atoms with Crippen LogP contribution in [0.25, 0.3) is 5.65 Å². The molecule has 0 radical (unpaired) electrons. The monoisotopic (exact) mass is 299 g/mol. The van der Waals surface area contributed by atoms with Gasteiger partial charge in [-0.25, -0.2) is 4.98 Å². The first-order chi connectivity index (χ1) is 10.6. The van der Waals surface area contributed by atoms with E-state index >= 15 is 0 Å². The van der Waals surface area contributed by atoms with Gasteiger partial charge in [0.15, 0.2) is 5.65 Å². The van der Waals surface area contributed by atoms with Crippen LogP contribution in [0.15, 0.2) is 6.20 Å². The second kappa shape index (κ2) is 4.97. The Balaban J connectivity index is 1.86. The molecule has 0 aromatic carbocycles. The summed E-state index contributed by atoms with van der Waals surface area (Å²) in [6.45, 7) is 4.62. The zero-order valence-electron chi connectivity index (χ0n) is 13.1. The molecule has 1 fully saturated rings. The van der Waals surface area contributed by atoms with Crippen molar-refractivity contribution in [3.05, 3.63) is 17.5 Å². The van der Waals surface area contributed by atoms with E-state index in [1.807, 2.05) is 4.52 Å². The van der Waals surface area contributed by atoms with Crippen LogP contribution in [-0.2, 0) is 11.2 Å². The Bertz CT molecular complexity index is 745. The highest BCUT2D eigenvalue weighted by Gasteiger charge is 2.32. The van der Waals surface area contributed by atoms with Gasteiger partial charge in [-0.15, -0.1) is 0 Å². The molecule has 1 aliphatic carbocycles. The van der Waals surface area contributed by atoms with Gasteiger partial charge in [-0.3, -0.25) is 4.79 Å². The summed E-state index contributed by atoms with van der Waals surface area (Å²) in [5.74, 6) is 1.09. The average molecular weight is 299 g/mol. The first kappa shape index (κ1) is 13.5. The van der Waals surface area contributed by atoms with Crippen molar-refractivity contribution in [2.45, 2.75) is 52.0 Å². The predicted molar refractivity (Wildman–Crippen MR) is 85.3 cm³/mol. The number of hydrogen-bond acceptors (Lipinski definition) is 4. The lowest BCUT2D eigenvalue weighted by molar-refractivity contribution is -0.114. The van der Waals surface area contributed by atoms with Gasteiger partial charge in [-0.2, -0.15) is 9.61 Å². The topological polar surface area (TPSA) is 62.5 Å². The Morgan fingerprint density at radius 2 is 2.14 bits per heavy atom. The van der Waals surface area contributed by atoms with Crippen molar-refractivity contribution in [2.75, 3.05) is 16.8 Å². The first-order valence-electron chi connectivity index (χ1n) is 8.06. The highest BCUT2D eigenvalue weighted by Crippen LogP contribution is 2.37. The number of aryl methyl sites for hydroxylation is 1. The number of nitrogens with one attached hydrogen (secondary N) is 1. The fourth-order valence-corrected chi connectivity index (χ4v) is 3.90. The van der Waals surface area contributed by atoms with Crippen LogP contribution in [0, 0.1) is 6.92 Å². The average Bonchev–Trinajstić information content (AvgIpc) is 3.16. The van der Waals surface area contributed by atoms with Gasteiger partial charge in [-0.1, -0.05) is 12.8 Å². The molecule has 1 amide bonds. The minimum absolute atomic E-state index is 0.0949. The van der Waals surface area contributed by atoms with E-state index in [0.717, 1.165) is 24.3 Å². The van der Waals surface area contributed by atoms with Crippen LogP contribution in [0.3, 0.4) is 0 Å². The molecule has 3 heterocycles. The molecule has 2 aromatic rings. The number of nitrogens with zero attached hydrogens (tertiary/aromatic N) is 4. The van der Waals surface area contributed by atoms with Crippen molar-refractivity contribution in [1.29, 1.82) is 0 Å². The molecule has 6 heteroatoms.